The van der Waals surface area contributed by atoms with Gasteiger partial charge in [-0.25, -0.2) is 0 Å². The smallest absolute Gasteiger partial charge is 0.0616 e. The minimum Gasteiger partial charge on any atom is -0.396 e. The second-order valence-corrected chi connectivity index (χ2v) is 3.84. The number of hydrogen-bond acceptors (Lipinski definition) is 4. The molecule has 0 aliphatic carbocycles. The van der Waals surface area contributed by atoms with Gasteiger partial charge < -0.3 is 15.2 Å². The van der Waals surface area contributed by atoms with Crippen LogP contribution in [0.3, 0.4) is 0 Å². The van der Waals surface area contributed by atoms with Crippen molar-refractivity contribution in [2.45, 2.75) is 25.4 Å². The van der Waals surface area contributed by atoms with E-state index in [-0.39, 0.29) is 18.7 Å². The van der Waals surface area contributed by atoms with E-state index in [0.29, 0.717) is 13.0 Å². The van der Waals surface area contributed by atoms with E-state index < -0.39 is 0 Å². The van der Waals surface area contributed by atoms with Gasteiger partial charge >= 0.3 is 0 Å². The molecule has 0 amide bonds. The van der Waals surface area contributed by atoms with Crippen LogP contribution in [0.1, 0.15) is 24.9 Å². The lowest BCUT2D eigenvalue weighted by atomic mass is 10.1. The predicted molar refractivity (Wildman–Crippen MR) is 63.2 cm³/mol. The van der Waals surface area contributed by atoms with Crippen molar-refractivity contribution < 1.29 is 9.84 Å². The summed E-state index contributed by atoms with van der Waals surface area (Å²) in [6, 6.07) is 4.34. The highest BCUT2D eigenvalue weighted by Gasteiger charge is 2.12. The number of methoxy groups -OCH3 is 1. The van der Waals surface area contributed by atoms with Crippen molar-refractivity contribution in [2.24, 2.45) is 0 Å². The molecule has 0 aliphatic rings. The molecule has 2 atom stereocenters. The van der Waals surface area contributed by atoms with Gasteiger partial charge in [0, 0.05) is 38.2 Å². The Balaban J connectivity index is 2.50. The number of aromatic nitrogens is 1. The molecule has 0 aromatic carbocycles. The van der Waals surface area contributed by atoms with Crippen LogP contribution in [0.4, 0.5) is 0 Å². The number of aliphatic hydroxyl groups is 1. The third-order valence-electron chi connectivity index (χ3n) is 2.52. The molecular weight excluding hydrogens is 204 g/mol. The Morgan fingerprint density at radius 1 is 1.56 bits per heavy atom. The van der Waals surface area contributed by atoms with Crippen LogP contribution in [0.2, 0.25) is 0 Å². The maximum atomic E-state index is 8.94. The molecule has 1 rings (SSSR count). The van der Waals surface area contributed by atoms with Crippen LogP contribution >= 0.6 is 0 Å². The molecule has 0 saturated carbocycles. The molecule has 0 radical (unpaired) electrons. The van der Waals surface area contributed by atoms with Crippen molar-refractivity contribution in [1.82, 2.24) is 10.3 Å². The maximum absolute atomic E-state index is 8.94. The predicted octanol–water partition coefficient (Wildman–Crippen LogP) is 1.13. The zero-order chi connectivity index (χ0) is 11.8. The van der Waals surface area contributed by atoms with Gasteiger partial charge in [0.2, 0.25) is 0 Å². The minimum absolute atomic E-state index is 0.167. The summed E-state index contributed by atoms with van der Waals surface area (Å²) >= 11 is 0. The normalized spacial score (nSPS) is 14.7. The third-order valence-corrected chi connectivity index (χ3v) is 2.52. The molecule has 16 heavy (non-hydrogen) atoms. The Bertz CT molecular complexity index is 274. The Morgan fingerprint density at radius 3 is 2.94 bits per heavy atom. The number of nitrogens with zero attached hydrogens (tertiary/aromatic N) is 1. The van der Waals surface area contributed by atoms with E-state index in [2.05, 4.69) is 17.2 Å². The molecule has 90 valence electrons. The average Bonchev–Trinajstić information content (AvgIpc) is 2.31. The molecule has 2 unspecified atom stereocenters. The second kappa shape index (κ2) is 7.33. The number of hydrogen-bond donors (Lipinski definition) is 2. The third kappa shape index (κ3) is 4.26. The SMILES string of the molecule is COCC(CCO)NC(C)c1cccnc1. The molecule has 1 aromatic heterocycles. The first-order valence-electron chi connectivity index (χ1n) is 5.53. The number of pyridine rings is 1. The van der Waals surface area contributed by atoms with E-state index >= 15 is 0 Å². The van der Waals surface area contributed by atoms with E-state index in [4.69, 9.17) is 9.84 Å². The fourth-order valence-electron chi connectivity index (χ4n) is 1.65. The summed E-state index contributed by atoms with van der Waals surface area (Å²) in [6.45, 7) is 2.85. The Kier molecular flexibility index (Phi) is 6.00. The first kappa shape index (κ1) is 13.1. The zero-order valence-electron chi connectivity index (χ0n) is 9.89. The lowest BCUT2D eigenvalue weighted by Gasteiger charge is -2.22. The van der Waals surface area contributed by atoms with Gasteiger partial charge in [0.25, 0.3) is 0 Å². The highest BCUT2D eigenvalue weighted by Crippen LogP contribution is 2.11. The van der Waals surface area contributed by atoms with Gasteiger partial charge in [-0.3, -0.25) is 4.98 Å². The summed E-state index contributed by atoms with van der Waals surface area (Å²) in [6.07, 6.45) is 4.30. The quantitative estimate of drug-likeness (QED) is 0.729. The standard InChI is InChI=1S/C12H20N2O2/c1-10(11-4-3-6-13-8-11)14-12(5-7-15)9-16-2/h3-4,6,8,10,12,14-15H,5,7,9H2,1-2H3. The molecule has 2 N–H and O–H groups in total. The molecule has 0 saturated heterocycles. The lowest BCUT2D eigenvalue weighted by molar-refractivity contribution is 0.143. The number of aliphatic hydroxyl groups excluding tert-OH is 1. The monoisotopic (exact) mass is 224 g/mol. The number of rotatable bonds is 7. The Morgan fingerprint density at radius 2 is 2.38 bits per heavy atom. The first-order chi connectivity index (χ1) is 7.77. The van der Waals surface area contributed by atoms with Crippen molar-refractivity contribution in [1.29, 1.82) is 0 Å². The van der Waals surface area contributed by atoms with Gasteiger partial charge in [0.15, 0.2) is 0 Å². The molecule has 1 aromatic rings. The largest absolute Gasteiger partial charge is 0.396 e. The van der Waals surface area contributed by atoms with Gasteiger partial charge in [-0.2, -0.15) is 0 Å². The van der Waals surface area contributed by atoms with Crippen LogP contribution in [-0.2, 0) is 4.74 Å². The van der Waals surface area contributed by atoms with Crippen molar-refractivity contribution in [3.8, 4) is 0 Å². The summed E-state index contributed by atoms with van der Waals surface area (Å²) in [5, 5.41) is 12.3. The number of ether oxygens (including phenoxy) is 1. The topological polar surface area (TPSA) is 54.4 Å². The van der Waals surface area contributed by atoms with Crippen LogP contribution in [-0.4, -0.2) is 36.5 Å². The van der Waals surface area contributed by atoms with Gasteiger partial charge in [-0.1, -0.05) is 6.07 Å². The lowest BCUT2D eigenvalue weighted by Crippen LogP contribution is -2.36. The maximum Gasteiger partial charge on any atom is 0.0616 e. The van der Waals surface area contributed by atoms with Crippen LogP contribution in [0.15, 0.2) is 24.5 Å². The molecule has 1 heterocycles. The van der Waals surface area contributed by atoms with Gasteiger partial charge in [0.1, 0.15) is 0 Å². The summed E-state index contributed by atoms with van der Waals surface area (Å²) in [7, 11) is 1.67. The molecule has 0 fully saturated rings. The zero-order valence-corrected chi connectivity index (χ0v) is 9.89. The van der Waals surface area contributed by atoms with E-state index in [0.717, 1.165) is 5.56 Å². The summed E-state index contributed by atoms with van der Waals surface area (Å²) in [5.41, 5.74) is 1.14. The summed E-state index contributed by atoms with van der Waals surface area (Å²) in [4.78, 5) is 4.08. The average molecular weight is 224 g/mol. The Hall–Kier alpha value is -0.970. The fourth-order valence-corrected chi connectivity index (χ4v) is 1.65. The van der Waals surface area contributed by atoms with Crippen LogP contribution in [0, 0.1) is 0 Å². The highest BCUT2D eigenvalue weighted by atomic mass is 16.5. The first-order valence-corrected chi connectivity index (χ1v) is 5.53. The number of nitrogens with one attached hydrogen (secondary N) is 1. The van der Waals surface area contributed by atoms with Crippen molar-refractivity contribution in [3.63, 3.8) is 0 Å². The van der Waals surface area contributed by atoms with Crippen molar-refractivity contribution in [3.05, 3.63) is 30.1 Å². The highest BCUT2D eigenvalue weighted by molar-refractivity contribution is 5.12. The Labute approximate surface area is 96.7 Å². The molecular formula is C12H20N2O2. The van der Waals surface area contributed by atoms with Gasteiger partial charge in [0.05, 0.1) is 6.61 Å². The molecule has 0 aliphatic heterocycles. The second-order valence-electron chi connectivity index (χ2n) is 3.84. The van der Waals surface area contributed by atoms with Gasteiger partial charge in [-0.05, 0) is 25.0 Å². The summed E-state index contributed by atoms with van der Waals surface area (Å²) in [5.74, 6) is 0. The molecule has 4 nitrogen and oxygen atoms in total. The van der Waals surface area contributed by atoms with E-state index in [1.165, 1.54) is 0 Å². The van der Waals surface area contributed by atoms with Crippen molar-refractivity contribution in [2.75, 3.05) is 20.3 Å². The van der Waals surface area contributed by atoms with Crippen LogP contribution in [0.25, 0.3) is 0 Å². The molecule has 4 heteroatoms. The van der Waals surface area contributed by atoms with Crippen LogP contribution < -0.4 is 5.32 Å². The van der Waals surface area contributed by atoms with Gasteiger partial charge in [-0.15, -0.1) is 0 Å². The molecule has 0 bridgehead atoms. The summed E-state index contributed by atoms with van der Waals surface area (Å²) < 4.78 is 5.10. The van der Waals surface area contributed by atoms with E-state index in [9.17, 15) is 0 Å². The van der Waals surface area contributed by atoms with Crippen LogP contribution in [0.5, 0.6) is 0 Å². The fraction of sp³-hybridized carbons (Fsp3) is 0.583. The minimum atomic E-state index is 0.167. The van der Waals surface area contributed by atoms with E-state index in [1.807, 2.05) is 18.3 Å². The van der Waals surface area contributed by atoms with E-state index in [1.54, 1.807) is 13.3 Å². The molecule has 0 spiro atoms. The van der Waals surface area contributed by atoms with Crippen molar-refractivity contribution >= 4 is 0 Å².